The molecule has 0 aliphatic carbocycles. The van der Waals surface area contributed by atoms with Crippen LogP contribution < -0.4 is 15.0 Å². The number of hydrogen-bond donors (Lipinski definition) is 1. The topological polar surface area (TPSA) is 58.6 Å². The zero-order chi connectivity index (χ0) is 21.1. The van der Waals surface area contributed by atoms with Gasteiger partial charge in [0.15, 0.2) is 0 Å². The lowest BCUT2D eigenvalue weighted by atomic mass is 10.1. The van der Waals surface area contributed by atoms with Crippen LogP contribution in [0.4, 0.5) is 11.4 Å². The zero-order valence-electron chi connectivity index (χ0n) is 17.1. The maximum absolute atomic E-state index is 12.7. The van der Waals surface area contributed by atoms with Crippen LogP contribution in [0.2, 0.25) is 0 Å². The summed E-state index contributed by atoms with van der Waals surface area (Å²) < 4.78 is 5.89. The van der Waals surface area contributed by atoms with Crippen LogP contribution in [0.5, 0.6) is 11.5 Å². The van der Waals surface area contributed by atoms with Gasteiger partial charge in [-0.3, -0.25) is 9.59 Å². The Hall–Kier alpha value is -3.60. The summed E-state index contributed by atoms with van der Waals surface area (Å²) in [4.78, 5) is 26.8. The molecule has 152 valence electrons. The summed E-state index contributed by atoms with van der Waals surface area (Å²) in [6, 6.07) is 22.8. The Morgan fingerprint density at radius 2 is 1.67 bits per heavy atom. The minimum Gasteiger partial charge on any atom is -0.457 e. The van der Waals surface area contributed by atoms with E-state index in [1.165, 1.54) is 0 Å². The number of carbonyl (C=O) groups is 2. The fraction of sp³-hybridized carbons (Fsp3) is 0.200. The number of aryl methyl sites for hydroxylation is 2. The van der Waals surface area contributed by atoms with Crippen LogP contribution in [-0.4, -0.2) is 18.4 Å². The molecule has 5 heteroatoms. The molecule has 1 saturated heterocycles. The van der Waals surface area contributed by atoms with Crippen molar-refractivity contribution in [2.75, 3.05) is 16.8 Å². The first-order valence-corrected chi connectivity index (χ1v) is 10.0. The van der Waals surface area contributed by atoms with Gasteiger partial charge in [-0.05, 0) is 61.9 Å². The van der Waals surface area contributed by atoms with Gasteiger partial charge >= 0.3 is 0 Å². The Morgan fingerprint density at radius 3 is 2.37 bits per heavy atom. The van der Waals surface area contributed by atoms with E-state index in [0.717, 1.165) is 22.6 Å². The quantitative estimate of drug-likeness (QED) is 0.649. The van der Waals surface area contributed by atoms with Crippen LogP contribution in [0.15, 0.2) is 72.8 Å². The maximum atomic E-state index is 12.7. The predicted molar refractivity (Wildman–Crippen MR) is 118 cm³/mol. The number of amides is 2. The lowest BCUT2D eigenvalue weighted by Crippen LogP contribution is -2.28. The second-order valence-electron chi connectivity index (χ2n) is 7.62. The van der Waals surface area contributed by atoms with Crippen molar-refractivity contribution < 1.29 is 14.3 Å². The third kappa shape index (κ3) is 4.35. The summed E-state index contributed by atoms with van der Waals surface area (Å²) in [6.07, 6.45) is 0.216. The van der Waals surface area contributed by atoms with E-state index in [2.05, 4.69) is 5.32 Å². The van der Waals surface area contributed by atoms with Gasteiger partial charge in [0, 0.05) is 24.3 Å². The normalized spacial score (nSPS) is 15.9. The van der Waals surface area contributed by atoms with Gasteiger partial charge in [-0.15, -0.1) is 0 Å². The van der Waals surface area contributed by atoms with Crippen LogP contribution in [0.1, 0.15) is 17.5 Å². The van der Waals surface area contributed by atoms with E-state index in [4.69, 9.17) is 4.74 Å². The van der Waals surface area contributed by atoms with Gasteiger partial charge < -0.3 is 15.0 Å². The molecule has 0 unspecified atom stereocenters. The molecule has 0 radical (unpaired) electrons. The number of anilines is 2. The molecule has 0 bridgehead atoms. The summed E-state index contributed by atoms with van der Waals surface area (Å²) in [6.45, 7) is 4.39. The van der Waals surface area contributed by atoms with E-state index >= 15 is 0 Å². The van der Waals surface area contributed by atoms with Crippen LogP contribution in [-0.2, 0) is 9.59 Å². The maximum Gasteiger partial charge on any atom is 0.229 e. The van der Waals surface area contributed by atoms with Crippen molar-refractivity contribution in [3.05, 3.63) is 83.9 Å². The van der Waals surface area contributed by atoms with E-state index in [1.807, 2.05) is 74.5 Å². The smallest absolute Gasteiger partial charge is 0.229 e. The molecule has 2 amide bonds. The van der Waals surface area contributed by atoms with Crippen molar-refractivity contribution in [1.82, 2.24) is 0 Å². The molecule has 3 aromatic carbocycles. The number of rotatable bonds is 5. The molecule has 1 atom stereocenters. The van der Waals surface area contributed by atoms with Crippen molar-refractivity contribution in [1.29, 1.82) is 0 Å². The van der Waals surface area contributed by atoms with Gasteiger partial charge in [-0.2, -0.15) is 0 Å². The highest BCUT2D eigenvalue weighted by Gasteiger charge is 2.35. The molecule has 1 heterocycles. The minimum absolute atomic E-state index is 0.0269. The summed E-state index contributed by atoms with van der Waals surface area (Å²) >= 11 is 0. The Morgan fingerprint density at radius 1 is 0.967 bits per heavy atom. The van der Waals surface area contributed by atoms with E-state index < -0.39 is 0 Å². The minimum atomic E-state index is -0.373. The molecule has 1 aliphatic heterocycles. The van der Waals surface area contributed by atoms with Gasteiger partial charge in [0.2, 0.25) is 11.8 Å². The monoisotopic (exact) mass is 400 g/mol. The van der Waals surface area contributed by atoms with Crippen LogP contribution >= 0.6 is 0 Å². The molecule has 0 saturated carbocycles. The Balaban J connectivity index is 1.37. The second-order valence-corrected chi connectivity index (χ2v) is 7.62. The molecule has 0 spiro atoms. The molecule has 1 aliphatic rings. The van der Waals surface area contributed by atoms with Crippen LogP contribution in [0.25, 0.3) is 0 Å². The standard InChI is InChI=1S/C25H24N2O3/c1-17-7-11-21(12-8-17)27-16-19(15-24(27)28)25(29)26-20-9-13-22(14-10-20)30-23-6-4-3-5-18(23)2/h3-14,19H,15-16H2,1-2H3,(H,26,29)/t19-/m1/s1. The summed E-state index contributed by atoms with van der Waals surface area (Å²) in [5.41, 5.74) is 3.70. The number of nitrogens with one attached hydrogen (secondary N) is 1. The van der Waals surface area contributed by atoms with E-state index in [-0.39, 0.29) is 24.2 Å². The number of carbonyl (C=O) groups excluding carboxylic acids is 2. The Kier molecular flexibility index (Phi) is 5.53. The van der Waals surface area contributed by atoms with Crippen LogP contribution in [0, 0.1) is 19.8 Å². The van der Waals surface area contributed by atoms with Crippen molar-refractivity contribution in [3.8, 4) is 11.5 Å². The molecular formula is C25H24N2O3. The average molecular weight is 400 g/mol. The first-order chi connectivity index (χ1) is 14.5. The molecule has 3 aromatic rings. The number of para-hydroxylation sites is 1. The predicted octanol–water partition coefficient (Wildman–Crippen LogP) is 5.09. The van der Waals surface area contributed by atoms with Crippen LogP contribution in [0.3, 0.4) is 0 Å². The SMILES string of the molecule is Cc1ccc(N2C[C@H](C(=O)Nc3ccc(Oc4ccccc4C)cc3)CC2=O)cc1. The van der Waals surface area contributed by atoms with Crippen molar-refractivity contribution >= 4 is 23.2 Å². The van der Waals surface area contributed by atoms with Gasteiger partial charge in [0.1, 0.15) is 11.5 Å². The molecule has 1 N–H and O–H groups in total. The lowest BCUT2D eigenvalue weighted by molar-refractivity contribution is -0.122. The van der Waals surface area contributed by atoms with Crippen molar-refractivity contribution in [2.45, 2.75) is 20.3 Å². The van der Waals surface area contributed by atoms with E-state index in [0.29, 0.717) is 18.0 Å². The Labute approximate surface area is 176 Å². The number of benzene rings is 3. The third-order valence-electron chi connectivity index (χ3n) is 5.28. The molecule has 1 fully saturated rings. The van der Waals surface area contributed by atoms with Crippen molar-refractivity contribution in [3.63, 3.8) is 0 Å². The number of nitrogens with zero attached hydrogens (tertiary/aromatic N) is 1. The fourth-order valence-electron chi connectivity index (χ4n) is 3.51. The van der Waals surface area contributed by atoms with E-state index in [1.54, 1.807) is 17.0 Å². The van der Waals surface area contributed by atoms with Gasteiger partial charge in [0.05, 0.1) is 5.92 Å². The Bertz CT molecular complexity index is 1060. The van der Waals surface area contributed by atoms with Gasteiger partial charge in [-0.25, -0.2) is 0 Å². The first-order valence-electron chi connectivity index (χ1n) is 10.0. The molecule has 5 nitrogen and oxygen atoms in total. The number of ether oxygens (including phenoxy) is 1. The molecule has 4 rings (SSSR count). The molecular weight excluding hydrogens is 376 g/mol. The lowest BCUT2D eigenvalue weighted by Gasteiger charge is -2.17. The first kappa shape index (κ1) is 19.7. The summed E-state index contributed by atoms with van der Waals surface area (Å²) in [5, 5.41) is 2.91. The van der Waals surface area contributed by atoms with Crippen molar-refractivity contribution in [2.24, 2.45) is 5.92 Å². The number of hydrogen-bond acceptors (Lipinski definition) is 3. The summed E-state index contributed by atoms with van der Waals surface area (Å²) in [7, 11) is 0. The fourth-order valence-corrected chi connectivity index (χ4v) is 3.51. The molecule has 30 heavy (non-hydrogen) atoms. The largest absolute Gasteiger partial charge is 0.457 e. The van der Waals surface area contributed by atoms with Gasteiger partial charge in [0.25, 0.3) is 0 Å². The zero-order valence-corrected chi connectivity index (χ0v) is 17.1. The molecule has 0 aromatic heterocycles. The van der Waals surface area contributed by atoms with Gasteiger partial charge in [-0.1, -0.05) is 35.9 Å². The highest BCUT2D eigenvalue weighted by molar-refractivity contribution is 6.03. The average Bonchev–Trinajstić information content (AvgIpc) is 3.13. The summed E-state index contributed by atoms with van der Waals surface area (Å²) in [5.74, 6) is 0.951. The highest BCUT2D eigenvalue weighted by atomic mass is 16.5. The third-order valence-corrected chi connectivity index (χ3v) is 5.28. The second kappa shape index (κ2) is 8.41. The van der Waals surface area contributed by atoms with E-state index in [9.17, 15) is 9.59 Å². The highest BCUT2D eigenvalue weighted by Crippen LogP contribution is 2.28.